The van der Waals surface area contributed by atoms with Gasteiger partial charge in [0.2, 0.25) is 0 Å². The zero-order valence-corrected chi connectivity index (χ0v) is 18.9. The SMILES string of the molecule is COc1cc(OC)c(-c2c(C#N)c(N)nc3c2CCCCCCCCCC3)cc1OC. The fourth-order valence-corrected chi connectivity index (χ4v) is 4.46. The number of methoxy groups -OCH3 is 3. The molecule has 0 amide bonds. The zero-order valence-electron chi connectivity index (χ0n) is 18.9. The molecule has 6 nitrogen and oxygen atoms in total. The van der Waals surface area contributed by atoms with Crippen molar-refractivity contribution in [3.8, 4) is 34.4 Å². The molecule has 1 heterocycles. The summed E-state index contributed by atoms with van der Waals surface area (Å²) in [5.74, 6) is 2.06. The second kappa shape index (κ2) is 10.9. The van der Waals surface area contributed by atoms with Crippen LogP contribution >= 0.6 is 0 Å². The Balaban J connectivity index is 2.24. The number of nitrogen functional groups attached to an aromatic ring is 1. The standard InChI is InChI=1S/C25H33N3O3/c1-29-21-15-23(31-3)22(30-2)14-18(21)24-17-12-10-8-6-4-5-7-9-11-13-20(17)28-25(27)19(24)16-26/h14-15H,4-13H2,1-3H3,(H2,27,28). The summed E-state index contributed by atoms with van der Waals surface area (Å²) in [6, 6.07) is 5.98. The van der Waals surface area contributed by atoms with E-state index in [1.165, 1.54) is 38.5 Å². The number of ether oxygens (including phenoxy) is 3. The Labute approximate surface area is 185 Å². The molecule has 1 aromatic carbocycles. The van der Waals surface area contributed by atoms with Crippen molar-refractivity contribution in [1.29, 1.82) is 5.26 Å². The second-order valence-corrected chi connectivity index (χ2v) is 8.02. The summed E-state index contributed by atoms with van der Waals surface area (Å²) in [5, 5.41) is 9.99. The van der Waals surface area contributed by atoms with Gasteiger partial charge in [-0.05, 0) is 37.3 Å². The minimum atomic E-state index is 0.278. The van der Waals surface area contributed by atoms with Crippen LogP contribution in [0.5, 0.6) is 17.2 Å². The number of nitrogens with two attached hydrogens (primary N) is 1. The summed E-state index contributed by atoms with van der Waals surface area (Å²) in [6.45, 7) is 0. The molecule has 0 saturated heterocycles. The highest BCUT2D eigenvalue weighted by molar-refractivity contribution is 5.84. The molecule has 6 heteroatoms. The first kappa shape index (κ1) is 22.7. The van der Waals surface area contributed by atoms with Crippen molar-refractivity contribution in [1.82, 2.24) is 4.98 Å². The first-order valence-corrected chi connectivity index (χ1v) is 11.2. The number of rotatable bonds is 4. The van der Waals surface area contributed by atoms with E-state index in [0.717, 1.165) is 48.1 Å². The third-order valence-electron chi connectivity index (χ3n) is 6.09. The van der Waals surface area contributed by atoms with Crippen LogP contribution in [0.4, 0.5) is 5.82 Å². The van der Waals surface area contributed by atoms with Gasteiger partial charge in [0.1, 0.15) is 23.2 Å². The molecule has 3 rings (SSSR count). The van der Waals surface area contributed by atoms with Crippen LogP contribution in [0.25, 0.3) is 11.1 Å². The Morgan fingerprint density at radius 3 is 1.94 bits per heavy atom. The Bertz CT molecular complexity index is 950. The molecule has 31 heavy (non-hydrogen) atoms. The molecule has 1 aliphatic rings. The predicted molar refractivity (Wildman–Crippen MR) is 123 cm³/mol. The van der Waals surface area contributed by atoms with Crippen molar-refractivity contribution >= 4 is 5.82 Å². The molecule has 0 unspecified atom stereocenters. The lowest BCUT2D eigenvalue weighted by atomic mass is 9.88. The van der Waals surface area contributed by atoms with E-state index in [2.05, 4.69) is 11.1 Å². The first-order chi connectivity index (χ1) is 15.1. The number of nitriles is 1. The Morgan fingerprint density at radius 1 is 0.806 bits per heavy atom. The van der Waals surface area contributed by atoms with E-state index in [-0.39, 0.29) is 5.82 Å². The molecule has 0 fully saturated rings. The quantitative estimate of drug-likeness (QED) is 0.703. The van der Waals surface area contributed by atoms with Gasteiger partial charge in [-0.15, -0.1) is 0 Å². The molecule has 0 spiro atoms. The summed E-state index contributed by atoms with van der Waals surface area (Å²) in [5.41, 5.74) is 10.4. The monoisotopic (exact) mass is 423 g/mol. The normalized spacial score (nSPS) is 15.0. The fraction of sp³-hybridized carbons (Fsp3) is 0.520. The summed E-state index contributed by atoms with van der Waals surface area (Å²) in [4.78, 5) is 4.69. The number of anilines is 1. The fourth-order valence-electron chi connectivity index (χ4n) is 4.46. The van der Waals surface area contributed by atoms with Crippen LogP contribution in [0.15, 0.2) is 12.1 Å². The van der Waals surface area contributed by atoms with Gasteiger partial charge < -0.3 is 19.9 Å². The lowest BCUT2D eigenvalue weighted by Gasteiger charge is -2.21. The molecule has 2 N–H and O–H groups in total. The van der Waals surface area contributed by atoms with Crippen LogP contribution in [0.3, 0.4) is 0 Å². The van der Waals surface area contributed by atoms with Crippen molar-refractivity contribution in [2.45, 2.75) is 64.2 Å². The Kier molecular flexibility index (Phi) is 8.00. The van der Waals surface area contributed by atoms with Crippen LogP contribution in [-0.2, 0) is 12.8 Å². The van der Waals surface area contributed by atoms with Crippen LogP contribution in [-0.4, -0.2) is 26.3 Å². The molecular formula is C25H33N3O3. The average Bonchev–Trinajstić information content (AvgIpc) is 2.78. The molecule has 166 valence electrons. The Morgan fingerprint density at radius 2 is 1.35 bits per heavy atom. The van der Waals surface area contributed by atoms with Gasteiger partial charge in [0.25, 0.3) is 0 Å². The number of aromatic nitrogens is 1. The highest BCUT2D eigenvalue weighted by Crippen LogP contribution is 2.44. The molecule has 0 aliphatic heterocycles. The van der Waals surface area contributed by atoms with E-state index in [1.807, 2.05) is 6.07 Å². The van der Waals surface area contributed by atoms with Crippen molar-refractivity contribution in [2.24, 2.45) is 0 Å². The molecule has 0 saturated carbocycles. The third kappa shape index (κ3) is 5.04. The number of fused-ring (bicyclic) bond motifs is 1. The lowest BCUT2D eigenvalue weighted by Crippen LogP contribution is -2.09. The van der Waals surface area contributed by atoms with Gasteiger partial charge in [0, 0.05) is 22.9 Å². The molecular weight excluding hydrogens is 390 g/mol. The Hall–Kier alpha value is -2.94. The maximum absolute atomic E-state index is 9.99. The van der Waals surface area contributed by atoms with Gasteiger partial charge >= 0.3 is 0 Å². The van der Waals surface area contributed by atoms with Gasteiger partial charge in [0.15, 0.2) is 11.5 Å². The number of pyridine rings is 1. The van der Waals surface area contributed by atoms with Crippen LogP contribution in [0, 0.1) is 11.3 Å². The van der Waals surface area contributed by atoms with Crippen molar-refractivity contribution in [3.05, 3.63) is 29.0 Å². The summed E-state index contributed by atoms with van der Waals surface area (Å²) >= 11 is 0. The van der Waals surface area contributed by atoms with Gasteiger partial charge in [0.05, 0.1) is 21.3 Å². The van der Waals surface area contributed by atoms with Gasteiger partial charge in [-0.3, -0.25) is 0 Å². The van der Waals surface area contributed by atoms with E-state index < -0.39 is 0 Å². The van der Waals surface area contributed by atoms with Crippen LogP contribution in [0.1, 0.15) is 68.2 Å². The third-order valence-corrected chi connectivity index (χ3v) is 6.09. The summed E-state index contributed by atoms with van der Waals surface area (Å²) in [6.07, 6.45) is 11.4. The number of hydrogen-bond acceptors (Lipinski definition) is 6. The molecule has 0 radical (unpaired) electrons. The predicted octanol–water partition coefficient (Wildman–Crippen LogP) is 5.45. The maximum Gasteiger partial charge on any atom is 0.164 e. The van der Waals surface area contributed by atoms with Gasteiger partial charge in [-0.1, -0.05) is 38.5 Å². The zero-order chi connectivity index (χ0) is 22.2. The number of hydrogen-bond donors (Lipinski definition) is 1. The lowest BCUT2D eigenvalue weighted by molar-refractivity contribution is 0.349. The van der Waals surface area contributed by atoms with Crippen LogP contribution in [0.2, 0.25) is 0 Å². The highest BCUT2D eigenvalue weighted by atomic mass is 16.5. The van der Waals surface area contributed by atoms with Gasteiger partial charge in [-0.25, -0.2) is 4.98 Å². The summed E-state index contributed by atoms with van der Waals surface area (Å²) in [7, 11) is 4.81. The van der Waals surface area contributed by atoms with Crippen molar-refractivity contribution in [2.75, 3.05) is 27.1 Å². The number of benzene rings is 1. The smallest absolute Gasteiger partial charge is 0.164 e. The van der Waals surface area contributed by atoms with E-state index in [4.69, 9.17) is 19.9 Å². The van der Waals surface area contributed by atoms with Crippen molar-refractivity contribution in [3.63, 3.8) is 0 Å². The first-order valence-electron chi connectivity index (χ1n) is 11.2. The molecule has 1 aliphatic carbocycles. The largest absolute Gasteiger partial charge is 0.496 e. The minimum Gasteiger partial charge on any atom is -0.496 e. The van der Waals surface area contributed by atoms with E-state index in [9.17, 15) is 5.26 Å². The number of aryl methyl sites for hydroxylation is 1. The summed E-state index contributed by atoms with van der Waals surface area (Å²) < 4.78 is 16.7. The molecule has 1 aromatic heterocycles. The topological polar surface area (TPSA) is 90.4 Å². The van der Waals surface area contributed by atoms with E-state index >= 15 is 0 Å². The van der Waals surface area contributed by atoms with Gasteiger partial charge in [-0.2, -0.15) is 5.26 Å². The van der Waals surface area contributed by atoms with E-state index in [0.29, 0.717) is 22.8 Å². The minimum absolute atomic E-state index is 0.278. The second-order valence-electron chi connectivity index (χ2n) is 8.02. The van der Waals surface area contributed by atoms with Crippen LogP contribution < -0.4 is 19.9 Å². The molecule has 2 aromatic rings. The highest BCUT2D eigenvalue weighted by Gasteiger charge is 2.24. The molecule has 0 atom stereocenters. The number of nitrogens with zero attached hydrogens (tertiary/aromatic N) is 2. The molecule has 0 bridgehead atoms. The average molecular weight is 424 g/mol. The maximum atomic E-state index is 9.99. The van der Waals surface area contributed by atoms with Crippen molar-refractivity contribution < 1.29 is 14.2 Å². The van der Waals surface area contributed by atoms with E-state index in [1.54, 1.807) is 27.4 Å².